The Morgan fingerprint density at radius 3 is 2.73 bits per heavy atom. The van der Waals surface area contributed by atoms with Crippen LogP contribution in [0.1, 0.15) is 51.9 Å². The van der Waals surface area contributed by atoms with Crippen molar-refractivity contribution in [3.05, 3.63) is 11.8 Å². The van der Waals surface area contributed by atoms with Crippen molar-refractivity contribution in [2.24, 2.45) is 0 Å². The summed E-state index contributed by atoms with van der Waals surface area (Å²) < 4.78 is 6.16. The Morgan fingerprint density at radius 2 is 2.07 bits per heavy atom. The number of hydrogen-bond acceptors (Lipinski definition) is 2. The second-order valence-corrected chi connectivity index (χ2v) is 6.73. The summed E-state index contributed by atoms with van der Waals surface area (Å²) >= 11 is 2.09. The van der Waals surface area contributed by atoms with Crippen LogP contribution in [-0.2, 0) is 4.74 Å². The first-order valence-electron chi connectivity index (χ1n) is 6.22. The van der Waals surface area contributed by atoms with Gasteiger partial charge in [-0.15, -0.1) is 0 Å². The third-order valence-corrected chi connectivity index (χ3v) is 4.95. The van der Waals surface area contributed by atoms with Crippen molar-refractivity contribution in [1.29, 1.82) is 0 Å². The van der Waals surface area contributed by atoms with Gasteiger partial charge >= 0.3 is 0 Å². The highest BCUT2D eigenvalue weighted by atomic mass is 32.2. The third-order valence-electron chi connectivity index (χ3n) is 3.43. The second-order valence-electron chi connectivity index (χ2n) is 5.05. The van der Waals surface area contributed by atoms with Gasteiger partial charge < -0.3 is 4.74 Å². The average molecular weight is 226 g/mol. The predicted molar refractivity (Wildman–Crippen MR) is 67.2 cm³/mol. The van der Waals surface area contributed by atoms with Gasteiger partial charge in [-0.05, 0) is 56.8 Å². The molecule has 1 aliphatic heterocycles. The molecule has 0 aromatic carbocycles. The van der Waals surface area contributed by atoms with Crippen molar-refractivity contribution in [1.82, 2.24) is 0 Å². The lowest BCUT2D eigenvalue weighted by Crippen LogP contribution is -2.29. The molecule has 1 nitrogen and oxygen atoms in total. The molecule has 0 N–H and O–H groups in total. The lowest BCUT2D eigenvalue weighted by molar-refractivity contribution is 0.207. The fourth-order valence-electron chi connectivity index (χ4n) is 2.39. The molecule has 0 radical (unpaired) electrons. The summed E-state index contributed by atoms with van der Waals surface area (Å²) in [6.07, 6.45) is 11.4. The Balaban J connectivity index is 1.74. The molecule has 2 aliphatic rings. The minimum Gasteiger partial charge on any atom is -0.500 e. The Kier molecular flexibility index (Phi) is 4.01. The van der Waals surface area contributed by atoms with Crippen molar-refractivity contribution >= 4 is 11.8 Å². The first-order chi connectivity index (χ1) is 7.29. The maximum atomic E-state index is 5.78. The zero-order valence-electron chi connectivity index (χ0n) is 9.76. The molecule has 0 bridgehead atoms. The quantitative estimate of drug-likeness (QED) is 0.669. The normalized spacial score (nSPS) is 31.7. The van der Waals surface area contributed by atoms with Crippen LogP contribution in [0.15, 0.2) is 11.8 Å². The summed E-state index contributed by atoms with van der Waals surface area (Å²) in [5.41, 5.74) is 1.53. The van der Waals surface area contributed by atoms with Gasteiger partial charge in [-0.2, -0.15) is 11.8 Å². The van der Waals surface area contributed by atoms with E-state index in [9.17, 15) is 0 Å². The number of rotatable bonds is 3. The zero-order valence-corrected chi connectivity index (χ0v) is 10.6. The smallest absolute Gasteiger partial charge is 0.102 e. The van der Waals surface area contributed by atoms with E-state index in [1.54, 1.807) is 0 Å². The lowest BCUT2D eigenvalue weighted by atomic mass is 10.0. The highest BCUT2D eigenvalue weighted by Gasteiger charge is 2.27. The summed E-state index contributed by atoms with van der Waals surface area (Å²) in [6, 6.07) is 0. The number of ether oxygens (including phenoxy) is 1. The molecule has 1 saturated carbocycles. The van der Waals surface area contributed by atoms with Crippen LogP contribution in [0.2, 0.25) is 0 Å². The standard InChI is InChI=1S/C13H22OS/c1-13(8-4-5-9-15-13)11-14-10-12-6-2-3-7-12/h10H,2-9,11H2,1H3. The van der Waals surface area contributed by atoms with Gasteiger partial charge in [0, 0.05) is 4.75 Å². The summed E-state index contributed by atoms with van der Waals surface area (Å²) in [5.74, 6) is 1.32. The van der Waals surface area contributed by atoms with E-state index < -0.39 is 0 Å². The summed E-state index contributed by atoms with van der Waals surface area (Å²) in [5, 5.41) is 0. The van der Waals surface area contributed by atoms with Gasteiger partial charge in [0.05, 0.1) is 6.26 Å². The lowest BCUT2D eigenvalue weighted by Gasteiger charge is -2.32. The molecule has 1 heterocycles. The number of thioether (sulfide) groups is 1. The van der Waals surface area contributed by atoms with Gasteiger partial charge in [0.15, 0.2) is 0 Å². The summed E-state index contributed by atoms with van der Waals surface area (Å²) in [7, 11) is 0. The van der Waals surface area contributed by atoms with Crippen LogP contribution in [0.25, 0.3) is 0 Å². The van der Waals surface area contributed by atoms with Crippen molar-refractivity contribution in [3.63, 3.8) is 0 Å². The second kappa shape index (κ2) is 5.29. The molecule has 2 heteroatoms. The molecule has 1 saturated heterocycles. The van der Waals surface area contributed by atoms with Crippen molar-refractivity contribution in [3.8, 4) is 0 Å². The maximum absolute atomic E-state index is 5.78. The topological polar surface area (TPSA) is 9.23 Å². The van der Waals surface area contributed by atoms with Crippen LogP contribution in [0.5, 0.6) is 0 Å². The molecule has 2 rings (SSSR count). The van der Waals surface area contributed by atoms with Crippen LogP contribution in [-0.4, -0.2) is 17.1 Å². The molecular weight excluding hydrogens is 204 g/mol. The van der Waals surface area contributed by atoms with Gasteiger partial charge in [-0.1, -0.05) is 6.42 Å². The van der Waals surface area contributed by atoms with Crippen molar-refractivity contribution < 1.29 is 4.74 Å². The average Bonchev–Trinajstić information content (AvgIpc) is 2.71. The predicted octanol–water partition coefficient (Wildman–Crippen LogP) is 4.14. The van der Waals surface area contributed by atoms with Gasteiger partial charge in [0.2, 0.25) is 0 Å². The minimum atomic E-state index is 0.383. The highest BCUT2D eigenvalue weighted by molar-refractivity contribution is 8.00. The molecule has 1 unspecified atom stereocenters. The molecule has 0 aromatic heterocycles. The van der Waals surface area contributed by atoms with Gasteiger partial charge in [-0.3, -0.25) is 0 Å². The van der Waals surface area contributed by atoms with E-state index in [4.69, 9.17) is 4.74 Å². The summed E-state index contributed by atoms with van der Waals surface area (Å²) in [4.78, 5) is 0. The SMILES string of the molecule is CC1(COC=C2CCCC2)CCCCS1. The highest BCUT2D eigenvalue weighted by Crippen LogP contribution is 2.36. The minimum absolute atomic E-state index is 0.383. The molecule has 0 spiro atoms. The number of hydrogen-bond donors (Lipinski definition) is 0. The maximum Gasteiger partial charge on any atom is 0.102 e. The molecule has 1 atom stereocenters. The van der Waals surface area contributed by atoms with E-state index in [0.29, 0.717) is 4.75 Å². The molecule has 0 aromatic rings. The van der Waals surface area contributed by atoms with Gasteiger partial charge in [0.25, 0.3) is 0 Å². The van der Waals surface area contributed by atoms with Crippen LogP contribution < -0.4 is 0 Å². The molecule has 0 amide bonds. The molecule has 1 aliphatic carbocycles. The Morgan fingerprint density at radius 1 is 1.27 bits per heavy atom. The molecule has 15 heavy (non-hydrogen) atoms. The number of allylic oxidation sites excluding steroid dienone is 1. The van der Waals surface area contributed by atoms with E-state index in [1.807, 2.05) is 6.26 Å². The van der Waals surface area contributed by atoms with Crippen molar-refractivity contribution in [2.45, 2.75) is 56.6 Å². The third kappa shape index (κ3) is 3.44. The van der Waals surface area contributed by atoms with E-state index in [1.165, 1.54) is 56.3 Å². The Hall–Kier alpha value is -0.110. The van der Waals surface area contributed by atoms with E-state index in [0.717, 1.165) is 6.61 Å². The van der Waals surface area contributed by atoms with Crippen LogP contribution in [0.4, 0.5) is 0 Å². The van der Waals surface area contributed by atoms with E-state index in [2.05, 4.69) is 18.7 Å². The van der Waals surface area contributed by atoms with Crippen LogP contribution in [0, 0.1) is 0 Å². The van der Waals surface area contributed by atoms with Crippen LogP contribution in [0.3, 0.4) is 0 Å². The van der Waals surface area contributed by atoms with E-state index >= 15 is 0 Å². The largest absolute Gasteiger partial charge is 0.500 e. The first-order valence-corrected chi connectivity index (χ1v) is 7.21. The fourth-order valence-corrected chi connectivity index (χ4v) is 3.67. The Labute approximate surface area is 97.7 Å². The van der Waals surface area contributed by atoms with Gasteiger partial charge in [-0.25, -0.2) is 0 Å². The molecule has 86 valence electrons. The van der Waals surface area contributed by atoms with E-state index in [-0.39, 0.29) is 0 Å². The zero-order chi connectivity index (χ0) is 10.6. The van der Waals surface area contributed by atoms with Crippen LogP contribution >= 0.6 is 11.8 Å². The fraction of sp³-hybridized carbons (Fsp3) is 0.846. The summed E-state index contributed by atoms with van der Waals surface area (Å²) in [6.45, 7) is 3.26. The Bertz CT molecular complexity index is 221. The monoisotopic (exact) mass is 226 g/mol. The molecule has 2 fully saturated rings. The van der Waals surface area contributed by atoms with Gasteiger partial charge in [0.1, 0.15) is 6.61 Å². The first kappa shape index (κ1) is 11.4. The molecular formula is C13H22OS. The van der Waals surface area contributed by atoms with Crippen molar-refractivity contribution in [2.75, 3.05) is 12.4 Å².